The Morgan fingerprint density at radius 1 is 0.960 bits per heavy atom. The number of hydrogen-bond donors (Lipinski definition) is 1. The van der Waals surface area contributed by atoms with E-state index in [0.717, 1.165) is 28.0 Å². The Hall–Kier alpha value is -2.92. The van der Waals surface area contributed by atoms with Crippen molar-refractivity contribution in [3.8, 4) is 5.95 Å². The first kappa shape index (κ1) is 15.6. The van der Waals surface area contributed by atoms with E-state index in [1.54, 1.807) is 4.68 Å². The molecular weight excluding hydrogens is 334 g/mol. The Labute approximate surface area is 150 Å². The summed E-state index contributed by atoms with van der Waals surface area (Å²) in [5.41, 5.74) is 3.55. The van der Waals surface area contributed by atoms with E-state index in [1.807, 2.05) is 68.4 Å². The Kier molecular flexibility index (Phi) is 3.86. The maximum Gasteiger partial charge on any atom is 0.253 e. The molecule has 2 aromatic heterocycles. The molecule has 4 aromatic rings. The summed E-state index contributed by atoms with van der Waals surface area (Å²) in [6.45, 7) is 3.94. The molecule has 0 amide bonds. The summed E-state index contributed by atoms with van der Waals surface area (Å²) in [4.78, 5) is 9.36. The molecule has 4 rings (SSSR count). The molecule has 0 aliphatic heterocycles. The molecule has 2 heterocycles. The number of hydrogen-bond acceptors (Lipinski definition) is 4. The van der Waals surface area contributed by atoms with Crippen molar-refractivity contribution in [1.29, 1.82) is 0 Å². The molecule has 25 heavy (non-hydrogen) atoms. The highest BCUT2D eigenvalue weighted by molar-refractivity contribution is 6.33. The first-order valence-electron chi connectivity index (χ1n) is 7.94. The second-order valence-electron chi connectivity index (χ2n) is 5.83. The van der Waals surface area contributed by atoms with Crippen LogP contribution in [0.1, 0.15) is 11.4 Å². The molecule has 6 heteroatoms. The van der Waals surface area contributed by atoms with Crippen molar-refractivity contribution in [2.24, 2.45) is 0 Å². The van der Waals surface area contributed by atoms with E-state index in [2.05, 4.69) is 15.4 Å². The average Bonchev–Trinajstić information content (AvgIpc) is 2.95. The molecule has 0 spiro atoms. The van der Waals surface area contributed by atoms with Crippen LogP contribution in [0.4, 0.5) is 11.5 Å². The summed E-state index contributed by atoms with van der Waals surface area (Å²) >= 11 is 6.29. The molecule has 2 aromatic carbocycles. The zero-order chi connectivity index (χ0) is 17.4. The summed E-state index contributed by atoms with van der Waals surface area (Å²) in [5, 5.41) is 9.38. The molecule has 0 saturated carbocycles. The molecule has 0 fully saturated rings. The molecule has 0 saturated heterocycles. The fourth-order valence-electron chi connectivity index (χ4n) is 2.78. The van der Waals surface area contributed by atoms with Crippen LogP contribution in [0.15, 0.2) is 54.6 Å². The molecule has 0 radical (unpaired) electrons. The summed E-state index contributed by atoms with van der Waals surface area (Å²) < 4.78 is 1.75. The number of anilines is 2. The number of para-hydroxylation sites is 2. The van der Waals surface area contributed by atoms with Crippen LogP contribution in [-0.4, -0.2) is 19.7 Å². The monoisotopic (exact) mass is 349 g/mol. The quantitative estimate of drug-likeness (QED) is 0.575. The van der Waals surface area contributed by atoms with Gasteiger partial charge >= 0.3 is 0 Å². The third kappa shape index (κ3) is 2.94. The Balaban J connectivity index is 1.90. The van der Waals surface area contributed by atoms with Crippen LogP contribution < -0.4 is 5.32 Å². The maximum absolute atomic E-state index is 6.29. The number of fused-ring (bicyclic) bond motifs is 1. The highest BCUT2D eigenvalue weighted by atomic mass is 35.5. The second kappa shape index (κ2) is 6.18. The molecule has 0 atom stereocenters. The first-order valence-corrected chi connectivity index (χ1v) is 8.31. The minimum Gasteiger partial charge on any atom is -0.338 e. The van der Waals surface area contributed by atoms with Crippen molar-refractivity contribution in [3.05, 3.63) is 71.0 Å². The standard InChI is InChI=1S/C19H16ClN5/c1-12-11-13(2)25(24-12)19-22-16-9-5-3-7-14(16)18(23-19)21-17-10-6-4-8-15(17)20/h3-11H,1-2H3,(H,21,22,23). The lowest BCUT2D eigenvalue weighted by molar-refractivity contribution is 0.781. The lowest BCUT2D eigenvalue weighted by Gasteiger charge is -2.12. The number of nitrogens with one attached hydrogen (secondary N) is 1. The van der Waals surface area contributed by atoms with Crippen LogP contribution in [0.3, 0.4) is 0 Å². The number of rotatable bonds is 3. The third-order valence-electron chi connectivity index (χ3n) is 3.92. The van der Waals surface area contributed by atoms with Crippen LogP contribution >= 0.6 is 11.6 Å². The van der Waals surface area contributed by atoms with Gasteiger partial charge < -0.3 is 5.32 Å². The second-order valence-corrected chi connectivity index (χ2v) is 6.24. The van der Waals surface area contributed by atoms with Crippen LogP contribution in [0, 0.1) is 13.8 Å². The van der Waals surface area contributed by atoms with Crippen molar-refractivity contribution in [2.75, 3.05) is 5.32 Å². The van der Waals surface area contributed by atoms with E-state index in [1.165, 1.54) is 0 Å². The van der Waals surface area contributed by atoms with Gasteiger partial charge in [0.05, 0.1) is 21.9 Å². The fraction of sp³-hybridized carbons (Fsp3) is 0.105. The number of nitrogens with zero attached hydrogens (tertiary/aromatic N) is 4. The number of halogens is 1. The average molecular weight is 350 g/mol. The van der Waals surface area contributed by atoms with Crippen molar-refractivity contribution < 1.29 is 0 Å². The van der Waals surface area contributed by atoms with Gasteiger partial charge in [-0.1, -0.05) is 35.9 Å². The largest absolute Gasteiger partial charge is 0.338 e. The number of aryl methyl sites for hydroxylation is 2. The molecule has 0 aliphatic carbocycles. The van der Waals surface area contributed by atoms with Crippen LogP contribution in [-0.2, 0) is 0 Å². The fourth-order valence-corrected chi connectivity index (χ4v) is 2.96. The van der Waals surface area contributed by atoms with Crippen molar-refractivity contribution in [2.45, 2.75) is 13.8 Å². The van der Waals surface area contributed by atoms with Gasteiger partial charge in [0.25, 0.3) is 5.95 Å². The Morgan fingerprint density at radius 2 is 1.72 bits per heavy atom. The number of benzene rings is 2. The van der Waals surface area contributed by atoms with E-state index in [-0.39, 0.29) is 0 Å². The lowest BCUT2D eigenvalue weighted by Crippen LogP contribution is -2.07. The minimum atomic E-state index is 0.527. The lowest BCUT2D eigenvalue weighted by atomic mass is 10.2. The zero-order valence-electron chi connectivity index (χ0n) is 13.9. The van der Waals surface area contributed by atoms with Gasteiger partial charge in [-0.15, -0.1) is 0 Å². The predicted molar refractivity (Wildman–Crippen MR) is 101 cm³/mol. The van der Waals surface area contributed by atoms with Gasteiger partial charge in [-0.05, 0) is 44.2 Å². The topological polar surface area (TPSA) is 55.6 Å². The Morgan fingerprint density at radius 3 is 2.48 bits per heavy atom. The van der Waals surface area contributed by atoms with E-state index in [0.29, 0.717) is 16.8 Å². The zero-order valence-corrected chi connectivity index (χ0v) is 14.6. The molecular formula is C19H16ClN5. The van der Waals surface area contributed by atoms with Gasteiger partial charge in [-0.25, -0.2) is 9.67 Å². The summed E-state index contributed by atoms with van der Waals surface area (Å²) in [7, 11) is 0. The van der Waals surface area contributed by atoms with E-state index in [9.17, 15) is 0 Å². The highest BCUT2D eigenvalue weighted by Gasteiger charge is 2.12. The Bertz CT molecular complexity index is 1070. The van der Waals surface area contributed by atoms with Gasteiger partial charge in [0.1, 0.15) is 5.82 Å². The van der Waals surface area contributed by atoms with Gasteiger partial charge in [0.2, 0.25) is 0 Å². The van der Waals surface area contributed by atoms with Gasteiger partial charge in [-0.2, -0.15) is 10.1 Å². The van der Waals surface area contributed by atoms with E-state index in [4.69, 9.17) is 16.6 Å². The summed E-state index contributed by atoms with van der Waals surface area (Å²) in [6.07, 6.45) is 0. The van der Waals surface area contributed by atoms with Gasteiger partial charge in [-0.3, -0.25) is 0 Å². The SMILES string of the molecule is Cc1cc(C)n(-c2nc(Nc3ccccc3Cl)c3ccccc3n2)n1. The van der Waals surface area contributed by atoms with Crippen molar-refractivity contribution in [1.82, 2.24) is 19.7 Å². The highest BCUT2D eigenvalue weighted by Crippen LogP contribution is 2.28. The summed E-state index contributed by atoms with van der Waals surface area (Å²) in [5.74, 6) is 1.22. The van der Waals surface area contributed by atoms with E-state index < -0.39 is 0 Å². The summed E-state index contributed by atoms with van der Waals surface area (Å²) in [6, 6.07) is 17.5. The van der Waals surface area contributed by atoms with Crippen LogP contribution in [0.2, 0.25) is 5.02 Å². The minimum absolute atomic E-state index is 0.527. The van der Waals surface area contributed by atoms with Gasteiger partial charge in [0.15, 0.2) is 0 Å². The number of aromatic nitrogens is 4. The molecule has 1 N–H and O–H groups in total. The molecule has 0 aliphatic rings. The van der Waals surface area contributed by atoms with Crippen LogP contribution in [0.5, 0.6) is 0 Å². The maximum atomic E-state index is 6.29. The molecule has 124 valence electrons. The normalized spacial score (nSPS) is 11.0. The van der Waals surface area contributed by atoms with Gasteiger partial charge in [0, 0.05) is 11.1 Å². The van der Waals surface area contributed by atoms with Crippen LogP contribution in [0.25, 0.3) is 16.9 Å². The van der Waals surface area contributed by atoms with Crippen molar-refractivity contribution >= 4 is 34.0 Å². The molecule has 0 bridgehead atoms. The van der Waals surface area contributed by atoms with E-state index >= 15 is 0 Å². The predicted octanol–water partition coefficient (Wildman–Crippen LogP) is 4.83. The molecule has 0 unspecified atom stereocenters. The smallest absolute Gasteiger partial charge is 0.253 e. The van der Waals surface area contributed by atoms with Crippen molar-refractivity contribution in [3.63, 3.8) is 0 Å². The molecule has 5 nitrogen and oxygen atoms in total. The first-order chi connectivity index (χ1) is 12.1. The third-order valence-corrected chi connectivity index (χ3v) is 4.25.